The second-order valence-electron chi connectivity index (χ2n) is 17.2. The van der Waals surface area contributed by atoms with Crippen LogP contribution in [0.3, 0.4) is 0 Å². The Morgan fingerprint density at radius 1 is 0.439 bits per heavy atom. The van der Waals surface area contributed by atoms with E-state index in [4.69, 9.17) is 15.0 Å². The number of thiophene rings is 1. The summed E-state index contributed by atoms with van der Waals surface area (Å²) in [5.41, 5.74) is 11.5. The van der Waals surface area contributed by atoms with Crippen molar-refractivity contribution in [3.63, 3.8) is 0 Å². The Morgan fingerprint density at radius 3 is 1.82 bits per heavy atom. The van der Waals surface area contributed by atoms with Crippen molar-refractivity contribution in [2.75, 3.05) is 0 Å². The number of hydrogen-bond acceptors (Lipinski definition) is 4. The molecule has 4 heteroatoms. The highest BCUT2D eigenvalue weighted by Crippen LogP contribution is 2.70. The molecule has 0 N–H and O–H groups in total. The summed E-state index contributed by atoms with van der Waals surface area (Å²) in [6.45, 7) is 0. The monoisotopic (exact) mass is 749 g/mol. The van der Waals surface area contributed by atoms with E-state index in [-0.39, 0.29) is 5.41 Å². The molecule has 2 aromatic heterocycles. The third kappa shape index (κ3) is 4.62. The van der Waals surface area contributed by atoms with Crippen molar-refractivity contribution >= 4 is 42.3 Å². The minimum Gasteiger partial charge on any atom is -0.208 e. The minimum atomic E-state index is 0.0450. The van der Waals surface area contributed by atoms with Crippen LogP contribution in [0.2, 0.25) is 0 Å². The van der Waals surface area contributed by atoms with E-state index < -0.39 is 0 Å². The Labute approximate surface area is 336 Å². The maximum Gasteiger partial charge on any atom is 0.164 e. The van der Waals surface area contributed by atoms with Gasteiger partial charge in [-0.1, -0.05) is 140 Å². The first-order valence-corrected chi connectivity index (χ1v) is 21.5. The highest BCUT2D eigenvalue weighted by atomic mass is 32.1. The lowest BCUT2D eigenvalue weighted by Crippen LogP contribution is -2.55. The second-order valence-corrected chi connectivity index (χ2v) is 18.2. The first-order valence-electron chi connectivity index (χ1n) is 20.7. The van der Waals surface area contributed by atoms with Gasteiger partial charge in [0.1, 0.15) is 0 Å². The van der Waals surface area contributed by atoms with E-state index >= 15 is 0 Å². The second kappa shape index (κ2) is 12.0. The molecule has 7 aromatic carbocycles. The van der Waals surface area contributed by atoms with Gasteiger partial charge < -0.3 is 0 Å². The first-order chi connectivity index (χ1) is 28.2. The van der Waals surface area contributed by atoms with Gasteiger partial charge in [0.15, 0.2) is 17.5 Å². The molecule has 4 saturated carbocycles. The zero-order valence-electron chi connectivity index (χ0n) is 31.5. The molecule has 0 atom stereocenters. The molecule has 1 spiro atoms. The van der Waals surface area contributed by atoms with Crippen molar-refractivity contribution < 1.29 is 0 Å². The number of nitrogens with zero attached hydrogens (tertiary/aromatic N) is 3. The summed E-state index contributed by atoms with van der Waals surface area (Å²) in [5, 5.41) is 5.34. The third-order valence-corrected chi connectivity index (χ3v) is 15.5. The van der Waals surface area contributed by atoms with Gasteiger partial charge in [-0.25, -0.2) is 15.0 Å². The molecule has 4 fully saturated rings. The summed E-state index contributed by atoms with van der Waals surface area (Å²) in [4.78, 5) is 15.7. The average molecular weight is 750 g/mol. The van der Waals surface area contributed by atoms with Gasteiger partial charge in [0, 0.05) is 42.3 Å². The van der Waals surface area contributed by atoms with Crippen LogP contribution in [-0.4, -0.2) is 15.0 Å². The molecule has 0 saturated heterocycles. The van der Waals surface area contributed by atoms with Crippen LogP contribution in [0.25, 0.3) is 87.4 Å². The summed E-state index contributed by atoms with van der Waals surface area (Å²) in [6.07, 6.45) is 6.85. The maximum atomic E-state index is 5.31. The quantitative estimate of drug-likeness (QED) is 0.180. The molecule has 2 heterocycles. The maximum absolute atomic E-state index is 5.31. The minimum absolute atomic E-state index is 0.0450. The lowest BCUT2D eigenvalue weighted by molar-refractivity contribution is -0.0399. The smallest absolute Gasteiger partial charge is 0.164 e. The normalized spacial score (nSPS) is 22.8. The highest BCUT2D eigenvalue weighted by Gasteiger charge is 2.61. The predicted molar refractivity (Wildman–Crippen MR) is 235 cm³/mol. The van der Waals surface area contributed by atoms with Gasteiger partial charge >= 0.3 is 0 Å². The van der Waals surface area contributed by atoms with Gasteiger partial charge in [-0.3, -0.25) is 0 Å². The van der Waals surface area contributed by atoms with E-state index in [2.05, 4.69) is 152 Å². The molecular weight excluding hydrogens is 711 g/mol. The Bertz CT molecular complexity index is 3060. The lowest BCUT2D eigenvalue weighted by Gasteiger charge is -2.61. The molecule has 272 valence electrons. The first kappa shape index (κ1) is 32.2. The molecule has 5 aliphatic carbocycles. The Kier molecular flexibility index (Phi) is 6.78. The predicted octanol–water partition coefficient (Wildman–Crippen LogP) is 13.8. The summed E-state index contributed by atoms with van der Waals surface area (Å²) in [7, 11) is 0. The van der Waals surface area contributed by atoms with Gasteiger partial charge in [-0.05, 0) is 112 Å². The van der Waals surface area contributed by atoms with Crippen LogP contribution in [0.4, 0.5) is 0 Å². The van der Waals surface area contributed by atoms with Crippen molar-refractivity contribution in [3.05, 3.63) is 163 Å². The largest absolute Gasteiger partial charge is 0.208 e. The zero-order valence-corrected chi connectivity index (χ0v) is 32.3. The molecule has 0 unspecified atom stereocenters. The van der Waals surface area contributed by atoms with Crippen LogP contribution >= 0.6 is 11.3 Å². The Morgan fingerprint density at radius 2 is 1.05 bits per heavy atom. The number of rotatable bonds is 4. The SMILES string of the molecule is c1ccc(-c2nc(-c3ccc(-c4cccc5c4sc4ccccc45)cc3)nc(-c3ccc4c(c3)C3(c5ccc6ccccc6c5-4)C4CC5CC(C4)CC3C5)n2)cc1. The molecule has 5 aliphatic rings. The Balaban J connectivity index is 0.967. The molecule has 9 aromatic rings. The van der Waals surface area contributed by atoms with Crippen molar-refractivity contribution in [2.24, 2.45) is 23.7 Å². The van der Waals surface area contributed by atoms with Crippen LogP contribution < -0.4 is 0 Å². The van der Waals surface area contributed by atoms with Crippen LogP contribution in [0.15, 0.2) is 152 Å². The van der Waals surface area contributed by atoms with E-state index in [1.807, 2.05) is 11.3 Å². The van der Waals surface area contributed by atoms with Crippen LogP contribution in [0, 0.1) is 23.7 Å². The summed E-state index contributed by atoms with van der Waals surface area (Å²) >= 11 is 1.87. The van der Waals surface area contributed by atoms with Gasteiger partial charge in [0.25, 0.3) is 0 Å². The fourth-order valence-corrected chi connectivity index (χ4v) is 13.5. The molecule has 3 nitrogen and oxygen atoms in total. The zero-order chi connectivity index (χ0) is 37.2. The molecule has 0 aliphatic heterocycles. The van der Waals surface area contributed by atoms with Crippen molar-refractivity contribution in [1.82, 2.24) is 15.0 Å². The molecule has 14 rings (SSSR count). The average Bonchev–Trinajstić information content (AvgIpc) is 3.79. The van der Waals surface area contributed by atoms with E-state index in [1.165, 1.54) is 90.9 Å². The van der Waals surface area contributed by atoms with Crippen LogP contribution in [0.1, 0.15) is 43.2 Å². The van der Waals surface area contributed by atoms with E-state index in [0.29, 0.717) is 23.5 Å². The lowest BCUT2D eigenvalue weighted by atomic mass is 9.43. The number of hydrogen-bond donors (Lipinski definition) is 0. The number of benzene rings is 7. The van der Waals surface area contributed by atoms with Gasteiger partial charge in [-0.15, -0.1) is 11.3 Å². The van der Waals surface area contributed by atoms with Gasteiger partial charge in [0.2, 0.25) is 0 Å². The van der Waals surface area contributed by atoms with Gasteiger partial charge in [-0.2, -0.15) is 0 Å². The Hall–Kier alpha value is -5.97. The summed E-state index contributed by atoms with van der Waals surface area (Å²) < 4.78 is 2.64. The number of fused-ring (bicyclic) bond motifs is 8. The molecule has 0 amide bonds. The van der Waals surface area contributed by atoms with E-state index in [1.54, 1.807) is 5.56 Å². The molecule has 57 heavy (non-hydrogen) atoms. The molecular formula is C53H39N3S. The van der Waals surface area contributed by atoms with Gasteiger partial charge in [0.05, 0.1) is 0 Å². The van der Waals surface area contributed by atoms with E-state index in [0.717, 1.165) is 34.4 Å². The molecule has 0 radical (unpaired) electrons. The van der Waals surface area contributed by atoms with E-state index in [9.17, 15) is 0 Å². The van der Waals surface area contributed by atoms with Crippen molar-refractivity contribution in [3.8, 4) is 56.4 Å². The van der Waals surface area contributed by atoms with Crippen molar-refractivity contribution in [2.45, 2.75) is 37.5 Å². The number of aromatic nitrogens is 3. The topological polar surface area (TPSA) is 38.7 Å². The summed E-state index contributed by atoms with van der Waals surface area (Å²) in [5.74, 6) is 5.27. The standard InChI is InChI=1S/C53H39N3S/c1-2-10-35(11-3-1)50-54-51(36-19-17-34(18-20-36)41-14-8-15-43-42-13-6-7-16-47(42)57-49(41)43)56-52(55-50)37-21-23-44-46(30-37)53(38-26-31-25-32(28-38)29-39(53)27-31)45-24-22-33-9-4-5-12-40(33)48(44)45/h1-24,30-32,38-39H,25-29H2. The molecule has 4 bridgehead atoms. The fraction of sp³-hybridized carbons (Fsp3) is 0.189. The summed E-state index contributed by atoms with van der Waals surface area (Å²) in [6, 6.07) is 55.7. The van der Waals surface area contributed by atoms with Crippen LogP contribution in [-0.2, 0) is 5.41 Å². The van der Waals surface area contributed by atoms with Crippen LogP contribution in [0.5, 0.6) is 0 Å². The highest BCUT2D eigenvalue weighted by molar-refractivity contribution is 7.26. The third-order valence-electron chi connectivity index (χ3n) is 14.3. The van der Waals surface area contributed by atoms with Crippen molar-refractivity contribution in [1.29, 1.82) is 0 Å². The fourth-order valence-electron chi connectivity index (χ4n) is 12.2.